The van der Waals surface area contributed by atoms with E-state index in [1.165, 1.54) is 22.1 Å². The van der Waals surface area contributed by atoms with Crippen molar-refractivity contribution in [3.63, 3.8) is 0 Å². The summed E-state index contributed by atoms with van der Waals surface area (Å²) in [6.07, 6.45) is 1.84. The minimum atomic E-state index is 0.496. The summed E-state index contributed by atoms with van der Waals surface area (Å²) >= 11 is 0. The Morgan fingerprint density at radius 1 is 1.00 bits per heavy atom. The van der Waals surface area contributed by atoms with Gasteiger partial charge >= 0.3 is 0 Å². The van der Waals surface area contributed by atoms with Crippen LogP contribution in [0.15, 0.2) is 60.8 Å². The van der Waals surface area contributed by atoms with E-state index in [1.54, 1.807) is 0 Å². The van der Waals surface area contributed by atoms with Crippen LogP contribution in [-0.2, 0) is 6.54 Å². The van der Waals surface area contributed by atoms with Gasteiger partial charge in [0.1, 0.15) is 0 Å². The van der Waals surface area contributed by atoms with Crippen LogP contribution in [0.2, 0.25) is 0 Å². The predicted octanol–water partition coefficient (Wildman–Crippen LogP) is 4.40. The molecule has 0 amide bonds. The Morgan fingerprint density at radius 3 is 2.71 bits per heavy atom. The van der Waals surface area contributed by atoms with E-state index in [9.17, 15) is 0 Å². The fourth-order valence-electron chi connectivity index (χ4n) is 2.53. The number of hydrogen-bond acceptors (Lipinski definition) is 2. The molecule has 0 saturated carbocycles. The van der Waals surface area contributed by atoms with Crippen molar-refractivity contribution in [3.8, 4) is 11.1 Å². The van der Waals surface area contributed by atoms with Crippen LogP contribution in [0, 0.1) is 0 Å². The number of pyridine rings is 1. The highest BCUT2D eigenvalue weighted by molar-refractivity contribution is 5.94. The molecule has 3 rings (SSSR count). The van der Waals surface area contributed by atoms with Gasteiger partial charge in [-0.25, -0.2) is 0 Å². The smallest absolute Gasteiger partial charge is 0.0708 e. The molecule has 1 N–H and O–H groups in total. The third-order valence-corrected chi connectivity index (χ3v) is 3.60. The molecule has 0 fully saturated rings. The van der Waals surface area contributed by atoms with Gasteiger partial charge in [0.05, 0.1) is 5.52 Å². The first-order valence-corrected chi connectivity index (χ1v) is 7.40. The van der Waals surface area contributed by atoms with Gasteiger partial charge < -0.3 is 5.32 Å². The van der Waals surface area contributed by atoms with Gasteiger partial charge in [-0.3, -0.25) is 4.98 Å². The Balaban J connectivity index is 2.01. The molecule has 1 heterocycles. The topological polar surface area (TPSA) is 24.9 Å². The largest absolute Gasteiger partial charge is 0.310 e. The summed E-state index contributed by atoms with van der Waals surface area (Å²) < 4.78 is 0. The monoisotopic (exact) mass is 276 g/mol. The summed E-state index contributed by atoms with van der Waals surface area (Å²) in [4.78, 5) is 4.44. The number of nitrogens with zero attached hydrogens (tertiary/aromatic N) is 1. The van der Waals surface area contributed by atoms with E-state index in [-0.39, 0.29) is 0 Å². The summed E-state index contributed by atoms with van der Waals surface area (Å²) in [5, 5.41) is 4.67. The van der Waals surface area contributed by atoms with Crippen molar-refractivity contribution in [2.45, 2.75) is 26.4 Å². The molecule has 0 aliphatic rings. The predicted molar refractivity (Wildman–Crippen MR) is 89.2 cm³/mol. The average Bonchev–Trinajstić information content (AvgIpc) is 2.52. The first kappa shape index (κ1) is 13.8. The van der Waals surface area contributed by atoms with Crippen LogP contribution in [0.5, 0.6) is 0 Å². The number of rotatable bonds is 4. The molecule has 0 unspecified atom stereocenters. The van der Waals surface area contributed by atoms with E-state index in [1.807, 2.05) is 12.3 Å². The molecule has 3 aromatic rings. The van der Waals surface area contributed by atoms with E-state index in [4.69, 9.17) is 0 Å². The molecule has 0 bridgehead atoms. The summed E-state index contributed by atoms with van der Waals surface area (Å²) in [7, 11) is 0. The third kappa shape index (κ3) is 3.11. The number of hydrogen-bond donors (Lipinski definition) is 1. The highest BCUT2D eigenvalue weighted by Crippen LogP contribution is 2.28. The van der Waals surface area contributed by atoms with E-state index >= 15 is 0 Å². The van der Waals surface area contributed by atoms with Gasteiger partial charge in [-0.2, -0.15) is 0 Å². The van der Waals surface area contributed by atoms with Crippen molar-refractivity contribution in [3.05, 3.63) is 66.4 Å². The van der Waals surface area contributed by atoms with Gasteiger partial charge in [0.2, 0.25) is 0 Å². The van der Waals surface area contributed by atoms with E-state index in [2.05, 4.69) is 72.7 Å². The van der Waals surface area contributed by atoms with Gasteiger partial charge in [0, 0.05) is 24.2 Å². The van der Waals surface area contributed by atoms with Crippen molar-refractivity contribution in [2.24, 2.45) is 0 Å². The van der Waals surface area contributed by atoms with Gasteiger partial charge in [-0.1, -0.05) is 50.2 Å². The normalized spacial score (nSPS) is 11.2. The fraction of sp³-hybridized carbons (Fsp3) is 0.211. The molecule has 0 radical (unpaired) electrons. The SMILES string of the molecule is CC(C)NCc1cccc(-c2cccc3ncccc23)c1. The summed E-state index contributed by atoms with van der Waals surface area (Å²) in [6.45, 7) is 5.23. The standard InChI is InChI=1S/C19H20N2/c1-14(2)21-13-15-6-3-7-16(12-15)17-8-4-10-19-18(17)9-5-11-20-19/h3-12,14,21H,13H2,1-2H3. The summed E-state index contributed by atoms with van der Waals surface area (Å²) in [5.74, 6) is 0. The van der Waals surface area contributed by atoms with E-state index < -0.39 is 0 Å². The molecule has 0 aliphatic carbocycles. The molecule has 0 saturated heterocycles. The first-order valence-electron chi connectivity index (χ1n) is 7.40. The molecule has 2 aromatic carbocycles. The van der Waals surface area contributed by atoms with Gasteiger partial charge in [-0.15, -0.1) is 0 Å². The van der Waals surface area contributed by atoms with Crippen molar-refractivity contribution < 1.29 is 0 Å². The van der Waals surface area contributed by atoms with E-state index in [0.29, 0.717) is 6.04 Å². The van der Waals surface area contributed by atoms with Crippen LogP contribution in [-0.4, -0.2) is 11.0 Å². The third-order valence-electron chi connectivity index (χ3n) is 3.60. The Bertz CT molecular complexity index is 742. The summed E-state index contributed by atoms with van der Waals surface area (Å²) in [6, 6.07) is 19.6. The fourth-order valence-corrected chi connectivity index (χ4v) is 2.53. The molecule has 0 atom stereocenters. The minimum absolute atomic E-state index is 0.496. The second kappa shape index (κ2) is 6.06. The van der Waals surface area contributed by atoms with Crippen LogP contribution >= 0.6 is 0 Å². The number of benzene rings is 2. The van der Waals surface area contributed by atoms with Gasteiger partial charge in [-0.05, 0) is 34.9 Å². The van der Waals surface area contributed by atoms with Crippen molar-refractivity contribution in [1.29, 1.82) is 0 Å². The van der Waals surface area contributed by atoms with Crippen LogP contribution < -0.4 is 5.32 Å². The number of aromatic nitrogens is 1. The zero-order chi connectivity index (χ0) is 14.7. The maximum Gasteiger partial charge on any atom is 0.0708 e. The van der Waals surface area contributed by atoms with Crippen molar-refractivity contribution in [2.75, 3.05) is 0 Å². The van der Waals surface area contributed by atoms with Crippen LogP contribution in [0.4, 0.5) is 0 Å². The highest BCUT2D eigenvalue weighted by Gasteiger charge is 2.05. The Hall–Kier alpha value is -2.19. The van der Waals surface area contributed by atoms with Crippen LogP contribution in [0.3, 0.4) is 0 Å². The Morgan fingerprint density at radius 2 is 1.86 bits per heavy atom. The lowest BCUT2D eigenvalue weighted by Gasteiger charge is -2.11. The first-order chi connectivity index (χ1) is 10.2. The molecule has 2 nitrogen and oxygen atoms in total. The van der Waals surface area contributed by atoms with Crippen LogP contribution in [0.25, 0.3) is 22.0 Å². The second-order valence-corrected chi connectivity index (χ2v) is 5.61. The molecule has 0 spiro atoms. The molecule has 0 aliphatic heterocycles. The second-order valence-electron chi connectivity index (χ2n) is 5.61. The quantitative estimate of drug-likeness (QED) is 0.764. The Labute approximate surface area is 125 Å². The average molecular weight is 276 g/mol. The Kier molecular flexibility index (Phi) is 3.98. The molecule has 1 aromatic heterocycles. The lowest BCUT2D eigenvalue weighted by Crippen LogP contribution is -2.21. The molecule has 106 valence electrons. The molecular weight excluding hydrogens is 256 g/mol. The van der Waals surface area contributed by atoms with Crippen LogP contribution in [0.1, 0.15) is 19.4 Å². The maximum atomic E-state index is 4.44. The van der Waals surface area contributed by atoms with Crippen molar-refractivity contribution in [1.82, 2.24) is 10.3 Å². The van der Waals surface area contributed by atoms with E-state index in [0.717, 1.165) is 12.1 Å². The zero-order valence-corrected chi connectivity index (χ0v) is 12.5. The van der Waals surface area contributed by atoms with Gasteiger partial charge in [0.15, 0.2) is 0 Å². The van der Waals surface area contributed by atoms with Crippen molar-refractivity contribution >= 4 is 10.9 Å². The lowest BCUT2D eigenvalue weighted by molar-refractivity contribution is 0.589. The molecule has 21 heavy (non-hydrogen) atoms. The number of nitrogens with one attached hydrogen (secondary N) is 1. The molecule has 2 heteroatoms. The van der Waals surface area contributed by atoms with Gasteiger partial charge in [0.25, 0.3) is 0 Å². The maximum absolute atomic E-state index is 4.44. The number of fused-ring (bicyclic) bond motifs is 1. The summed E-state index contributed by atoms with van der Waals surface area (Å²) in [5.41, 5.74) is 4.84. The highest BCUT2D eigenvalue weighted by atomic mass is 14.9. The zero-order valence-electron chi connectivity index (χ0n) is 12.5. The minimum Gasteiger partial charge on any atom is -0.310 e. The lowest BCUT2D eigenvalue weighted by atomic mass is 9.99. The molecular formula is C19H20N2.